The lowest BCUT2D eigenvalue weighted by atomic mass is 10.1. The Kier molecular flexibility index (Phi) is 8.52. The van der Waals surface area contributed by atoms with Crippen LogP contribution in [0.1, 0.15) is 37.9 Å². The van der Waals surface area contributed by atoms with Gasteiger partial charge in [0.15, 0.2) is 0 Å². The van der Waals surface area contributed by atoms with Gasteiger partial charge < -0.3 is 16.0 Å². The predicted octanol–water partition coefficient (Wildman–Crippen LogP) is 6.20. The van der Waals surface area contributed by atoms with E-state index in [-0.39, 0.29) is 10.8 Å². The maximum atomic E-state index is 13.3. The Morgan fingerprint density at radius 1 is 1.29 bits per heavy atom. The Morgan fingerprint density at radius 3 is 2.65 bits per heavy atom. The molecule has 1 unspecified atom stereocenters. The Morgan fingerprint density at radius 2 is 2.03 bits per heavy atom. The van der Waals surface area contributed by atoms with E-state index >= 15 is 0 Å². The van der Waals surface area contributed by atoms with Gasteiger partial charge in [0.2, 0.25) is 0 Å². The first kappa shape index (κ1) is 23.8. The van der Waals surface area contributed by atoms with Crippen molar-refractivity contribution >= 4 is 35.4 Å². The highest BCUT2D eigenvalue weighted by atomic mass is 35.5. The van der Waals surface area contributed by atoms with Crippen LogP contribution in [-0.4, -0.2) is 17.2 Å². The number of benzene rings is 1. The van der Waals surface area contributed by atoms with Crippen LogP contribution in [0.4, 0.5) is 20.7 Å². The summed E-state index contributed by atoms with van der Waals surface area (Å²) in [6.45, 7) is 9.41. The minimum Gasteiger partial charge on any atom is -0.354 e. The topological polar surface area (TPSA) is 89.9 Å². The molecule has 0 fully saturated rings. The number of nitrogens with one attached hydrogen (secondary N) is 4. The lowest BCUT2D eigenvalue weighted by Crippen LogP contribution is -2.31. The van der Waals surface area contributed by atoms with Crippen molar-refractivity contribution in [2.75, 3.05) is 10.6 Å². The van der Waals surface area contributed by atoms with Gasteiger partial charge in [-0.1, -0.05) is 35.9 Å². The van der Waals surface area contributed by atoms with Gasteiger partial charge in [0.1, 0.15) is 11.6 Å². The smallest absolute Gasteiger partial charge is 0.320 e. The normalized spacial score (nSPS) is 11.8. The number of halogens is 2. The molecule has 0 saturated carbocycles. The van der Waals surface area contributed by atoms with Crippen molar-refractivity contribution in [2.24, 2.45) is 0 Å². The first-order chi connectivity index (χ1) is 14.7. The molecular formula is C23H25ClFN5O. The number of anilines is 2. The van der Waals surface area contributed by atoms with Crippen LogP contribution in [0.3, 0.4) is 0 Å². The van der Waals surface area contributed by atoms with E-state index in [0.29, 0.717) is 16.8 Å². The summed E-state index contributed by atoms with van der Waals surface area (Å²) < 4.78 is 13.3. The van der Waals surface area contributed by atoms with Gasteiger partial charge in [-0.3, -0.25) is 5.32 Å². The summed E-state index contributed by atoms with van der Waals surface area (Å²) in [6, 6.07) is 4.96. The molecule has 8 heteroatoms. The number of carbonyl (C=O) groups excluding carboxylic acids is 1. The van der Waals surface area contributed by atoms with Gasteiger partial charge in [0.05, 0.1) is 22.9 Å². The van der Waals surface area contributed by atoms with Crippen molar-refractivity contribution < 1.29 is 9.18 Å². The third-order valence-corrected chi connectivity index (χ3v) is 4.43. The van der Waals surface area contributed by atoms with Crippen LogP contribution in [0.2, 0.25) is 5.02 Å². The number of allylic oxidation sites excluding steroid dienone is 4. The van der Waals surface area contributed by atoms with Crippen LogP contribution in [0.15, 0.2) is 66.5 Å². The molecule has 0 radical (unpaired) electrons. The molecule has 0 spiro atoms. The molecule has 6 nitrogen and oxygen atoms in total. The quantitative estimate of drug-likeness (QED) is 0.290. The Bertz CT molecular complexity index is 1040. The standard InChI is InChI=1S/C23H25ClFN5O/c1-5-6-18(9-14(2)3)29-21-13-27-22(11-17(21)12-26)30-23(31)28-15(4)16-7-8-20(25)19(24)10-16/h5-13,15,26,29H,1H2,2-4H3,(H2,27,28,30,31)/b18-6+,26-12?. The number of amides is 2. The van der Waals surface area contributed by atoms with E-state index in [2.05, 4.69) is 27.5 Å². The molecule has 2 aromatic rings. The van der Waals surface area contributed by atoms with Crippen molar-refractivity contribution in [1.82, 2.24) is 10.3 Å². The fourth-order valence-corrected chi connectivity index (χ4v) is 2.89. The minimum atomic E-state index is -0.519. The Balaban J connectivity index is 2.11. The molecule has 1 aromatic carbocycles. The van der Waals surface area contributed by atoms with Gasteiger partial charge in [-0.2, -0.15) is 0 Å². The zero-order valence-electron chi connectivity index (χ0n) is 17.6. The number of aromatic nitrogens is 1. The van der Waals surface area contributed by atoms with Gasteiger partial charge in [-0.15, -0.1) is 0 Å². The molecule has 162 valence electrons. The summed E-state index contributed by atoms with van der Waals surface area (Å²) in [6.07, 6.45) is 8.12. The molecule has 31 heavy (non-hydrogen) atoms. The van der Waals surface area contributed by atoms with Gasteiger partial charge in [0.25, 0.3) is 0 Å². The summed E-state index contributed by atoms with van der Waals surface area (Å²) >= 11 is 5.80. The fraction of sp³-hybridized carbons (Fsp3) is 0.174. The molecule has 1 atom stereocenters. The van der Waals surface area contributed by atoms with Crippen LogP contribution in [0.25, 0.3) is 0 Å². The SMILES string of the molecule is C=C/C=C(\C=C(C)C)Nc1cnc(NC(=O)NC(C)c2ccc(F)c(Cl)c2)cc1C=N. The van der Waals surface area contributed by atoms with Gasteiger partial charge >= 0.3 is 6.03 Å². The molecule has 0 saturated heterocycles. The second kappa shape index (κ2) is 11.1. The summed E-state index contributed by atoms with van der Waals surface area (Å²) in [4.78, 5) is 16.6. The first-order valence-corrected chi connectivity index (χ1v) is 9.89. The molecule has 2 rings (SSSR count). The van der Waals surface area contributed by atoms with Gasteiger partial charge in [-0.05, 0) is 56.7 Å². The Labute approximate surface area is 186 Å². The van der Waals surface area contributed by atoms with E-state index in [9.17, 15) is 9.18 Å². The van der Waals surface area contributed by atoms with Crippen LogP contribution in [0, 0.1) is 11.2 Å². The third kappa shape index (κ3) is 7.08. The molecule has 0 aliphatic carbocycles. The number of hydrogen-bond donors (Lipinski definition) is 4. The van der Waals surface area contributed by atoms with E-state index in [1.54, 1.807) is 25.1 Å². The number of rotatable bonds is 8. The molecule has 2 amide bonds. The van der Waals surface area contributed by atoms with Crippen molar-refractivity contribution in [3.8, 4) is 0 Å². The molecule has 0 bridgehead atoms. The lowest BCUT2D eigenvalue weighted by Gasteiger charge is -2.16. The molecule has 0 aliphatic heterocycles. The second-order valence-electron chi connectivity index (χ2n) is 7.00. The number of carbonyl (C=O) groups is 1. The molecule has 1 heterocycles. The number of urea groups is 1. The van der Waals surface area contributed by atoms with Crippen LogP contribution in [-0.2, 0) is 0 Å². The molecule has 4 N–H and O–H groups in total. The number of pyridine rings is 1. The zero-order valence-corrected chi connectivity index (χ0v) is 18.3. The third-order valence-electron chi connectivity index (χ3n) is 4.14. The van der Waals surface area contributed by atoms with E-state index in [1.165, 1.54) is 24.5 Å². The van der Waals surface area contributed by atoms with Gasteiger partial charge in [0, 0.05) is 17.5 Å². The number of nitrogens with zero attached hydrogens (tertiary/aromatic N) is 1. The highest BCUT2D eigenvalue weighted by Gasteiger charge is 2.13. The summed E-state index contributed by atoms with van der Waals surface area (Å²) in [5.74, 6) is -0.239. The average Bonchev–Trinajstić information content (AvgIpc) is 2.70. The Hall–Kier alpha value is -3.45. The van der Waals surface area contributed by atoms with E-state index < -0.39 is 17.9 Å². The van der Waals surface area contributed by atoms with Crippen molar-refractivity contribution in [1.29, 1.82) is 5.41 Å². The van der Waals surface area contributed by atoms with E-state index in [4.69, 9.17) is 17.0 Å². The monoisotopic (exact) mass is 441 g/mol. The van der Waals surface area contributed by atoms with Crippen molar-refractivity contribution in [3.63, 3.8) is 0 Å². The van der Waals surface area contributed by atoms with Crippen LogP contribution in [0.5, 0.6) is 0 Å². The molecule has 0 aliphatic rings. The highest BCUT2D eigenvalue weighted by Crippen LogP contribution is 2.22. The highest BCUT2D eigenvalue weighted by molar-refractivity contribution is 6.30. The summed E-state index contributed by atoms with van der Waals surface area (Å²) in [5.41, 5.74) is 3.71. The molecular weight excluding hydrogens is 417 g/mol. The predicted molar refractivity (Wildman–Crippen MR) is 125 cm³/mol. The molecule has 1 aromatic heterocycles. The van der Waals surface area contributed by atoms with Crippen LogP contribution >= 0.6 is 11.6 Å². The first-order valence-electron chi connectivity index (χ1n) is 9.51. The summed E-state index contributed by atoms with van der Waals surface area (Å²) in [5, 5.41) is 16.3. The maximum absolute atomic E-state index is 13.3. The zero-order chi connectivity index (χ0) is 23.0. The second-order valence-corrected chi connectivity index (χ2v) is 7.41. The average molecular weight is 442 g/mol. The van der Waals surface area contributed by atoms with Crippen molar-refractivity contribution in [3.05, 3.63) is 88.5 Å². The lowest BCUT2D eigenvalue weighted by molar-refractivity contribution is 0.249. The fourth-order valence-electron chi connectivity index (χ4n) is 2.70. The van der Waals surface area contributed by atoms with E-state index in [1.807, 2.05) is 26.0 Å². The summed E-state index contributed by atoms with van der Waals surface area (Å²) in [7, 11) is 0. The van der Waals surface area contributed by atoms with E-state index in [0.717, 1.165) is 11.3 Å². The van der Waals surface area contributed by atoms with Gasteiger partial charge in [-0.25, -0.2) is 14.2 Å². The largest absolute Gasteiger partial charge is 0.354 e. The maximum Gasteiger partial charge on any atom is 0.320 e. The van der Waals surface area contributed by atoms with Crippen LogP contribution < -0.4 is 16.0 Å². The van der Waals surface area contributed by atoms with Crippen molar-refractivity contribution in [2.45, 2.75) is 26.8 Å². The minimum absolute atomic E-state index is 0.00933. The number of hydrogen-bond acceptors (Lipinski definition) is 4.